The Labute approximate surface area is 212 Å². The molecule has 3 aromatic carbocycles. The summed E-state index contributed by atoms with van der Waals surface area (Å²) in [4.78, 5) is 12.3. The van der Waals surface area contributed by atoms with Crippen LogP contribution in [-0.4, -0.2) is 21.9 Å². The van der Waals surface area contributed by atoms with Gasteiger partial charge in [0.25, 0.3) is 0 Å². The molecule has 7 nitrogen and oxygen atoms in total. The summed E-state index contributed by atoms with van der Waals surface area (Å²) in [5.41, 5.74) is 4.17. The van der Waals surface area contributed by atoms with Crippen LogP contribution < -0.4 is 15.1 Å². The van der Waals surface area contributed by atoms with Crippen molar-refractivity contribution >= 4 is 22.7 Å². The number of para-hydroxylation sites is 1. The second kappa shape index (κ2) is 10.3. The largest absolute Gasteiger partial charge is 0.497 e. The van der Waals surface area contributed by atoms with E-state index in [0.717, 1.165) is 33.5 Å². The van der Waals surface area contributed by atoms with Gasteiger partial charge in [-0.15, -0.1) is 10.2 Å². The maximum Gasteiger partial charge on any atom is 0.336 e. The van der Waals surface area contributed by atoms with E-state index in [4.69, 9.17) is 13.9 Å². The van der Waals surface area contributed by atoms with Gasteiger partial charge in [0.2, 0.25) is 0 Å². The van der Waals surface area contributed by atoms with Crippen molar-refractivity contribution in [1.82, 2.24) is 14.8 Å². The van der Waals surface area contributed by atoms with Gasteiger partial charge in [-0.05, 0) is 66.9 Å². The Morgan fingerprint density at radius 3 is 2.44 bits per heavy atom. The first-order valence-corrected chi connectivity index (χ1v) is 12.4. The minimum absolute atomic E-state index is 0.241. The predicted octanol–water partition coefficient (Wildman–Crippen LogP) is 5.87. The van der Waals surface area contributed by atoms with E-state index < -0.39 is 0 Å². The summed E-state index contributed by atoms with van der Waals surface area (Å²) in [7, 11) is 1.63. The van der Waals surface area contributed by atoms with Gasteiger partial charge in [0.1, 0.15) is 23.7 Å². The van der Waals surface area contributed by atoms with E-state index in [9.17, 15) is 4.79 Å². The Balaban J connectivity index is 1.44. The Hall–Kier alpha value is -4.04. The van der Waals surface area contributed by atoms with Crippen molar-refractivity contribution < 1.29 is 13.9 Å². The molecule has 0 radical (unpaired) electrons. The van der Waals surface area contributed by atoms with Crippen LogP contribution in [0.15, 0.2) is 87.2 Å². The molecule has 182 valence electrons. The predicted molar refractivity (Wildman–Crippen MR) is 140 cm³/mol. The van der Waals surface area contributed by atoms with Crippen LogP contribution in [0.25, 0.3) is 16.7 Å². The van der Waals surface area contributed by atoms with Crippen LogP contribution in [0.1, 0.15) is 22.5 Å². The standard InChI is InChI=1S/C28H25N3O4S/c1-18-9-14-24-20(15-26(32)35-27(24)19(18)2)17-36-28-30-29-25(31(28)21-7-5-4-6-8-21)16-34-23-12-10-22(33-3)11-13-23/h4-15H,16-17H2,1-3H3. The molecule has 36 heavy (non-hydrogen) atoms. The normalized spacial score (nSPS) is 11.1. The molecule has 2 aromatic heterocycles. The van der Waals surface area contributed by atoms with E-state index in [1.807, 2.05) is 85.1 Å². The average molecular weight is 500 g/mol. The second-order valence-corrected chi connectivity index (χ2v) is 9.24. The second-order valence-electron chi connectivity index (χ2n) is 8.30. The van der Waals surface area contributed by atoms with Gasteiger partial charge in [-0.2, -0.15) is 0 Å². The molecular weight excluding hydrogens is 474 g/mol. The zero-order valence-corrected chi connectivity index (χ0v) is 21.0. The first kappa shape index (κ1) is 23.7. The summed E-state index contributed by atoms with van der Waals surface area (Å²) in [6.07, 6.45) is 0. The Morgan fingerprint density at radius 2 is 1.69 bits per heavy atom. The van der Waals surface area contributed by atoms with Crippen LogP contribution in [0, 0.1) is 13.8 Å². The highest BCUT2D eigenvalue weighted by Gasteiger charge is 2.17. The van der Waals surface area contributed by atoms with Crippen LogP contribution in [-0.2, 0) is 12.4 Å². The molecule has 0 aliphatic rings. The zero-order chi connectivity index (χ0) is 25.1. The van der Waals surface area contributed by atoms with Gasteiger partial charge in [0.15, 0.2) is 11.0 Å². The maximum absolute atomic E-state index is 12.3. The SMILES string of the molecule is COc1ccc(OCc2nnc(SCc3cc(=O)oc4c(C)c(C)ccc34)n2-c2ccccc2)cc1. The number of ether oxygens (including phenoxy) is 2. The number of hydrogen-bond acceptors (Lipinski definition) is 7. The molecule has 2 heterocycles. The number of benzene rings is 3. The minimum Gasteiger partial charge on any atom is -0.497 e. The Morgan fingerprint density at radius 1 is 0.944 bits per heavy atom. The maximum atomic E-state index is 12.3. The molecule has 0 fully saturated rings. The van der Waals surface area contributed by atoms with E-state index in [0.29, 0.717) is 28.1 Å². The number of hydrogen-bond donors (Lipinski definition) is 0. The smallest absolute Gasteiger partial charge is 0.336 e. The number of nitrogens with zero attached hydrogens (tertiary/aromatic N) is 3. The minimum atomic E-state index is -0.357. The Bertz CT molecular complexity index is 1560. The van der Waals surface area contributed by atoms with Crippen molar-refractivity contribution in [2.75, 3.05) is 7.11 Å². The third kappa shape index (κ3) is 4.85. The molecule has 0 saturated heterocycles. The van der Waals surface area contributed by atoms with Gasteiger partial charge in [0.05, 0.1) is 7.11 Å². The summed E-state index contributed by atoms with van der Waals surface area (Å²) >= 11 is 1.51. The van der Waals surface area contributed by atoms with Crippen molar-refractivity contribution in [1.29, 1.82) is 0 Å². The van der Waals surface area contributed by atoms with E-state index in [-0.39, 0.29) is 12.2 Å². The highest BCUT2D eigenvalue weighted by atomic mass is 32.2. The molecule has 0 aliphatic heterocycles. The summed E-state index contributed by atoms with van der Waals surface area (Å²) < 4.78 is 18.7. The molecule has 0 bridgehead atoms. The van der Waals surface area contributed by atoms with Gasteiger partial charge < -0.3 is 13.9 Å². The molecular formula is C28H25N3O4S. The van der Waals surface area contributed by atoms with Crippen LogP contribution in [0.3, 0.4) is 0 Å². The van der Waals surface area contributed by atoms with Crippen LogP contribution in [0.4, 0.5) is 0 Å². The third-order valence-electron chi connectivity index (χ3n) is 6.02. The van der Waals surface area contributed by atoms with Crippen molar-refractivity contribution in [2.24, 2.45) is 0 Å². The van der Waals surface area contributed by atoms with E-state index in [1.54, 1.807) is 13.2 Å². The van der Waals surface area contributed by atoms with Crippen molar-refractivity contribution in [2.45, 2.75) is 31.4 Å². The van der Waals surface area contributed by atoms with Gasteiger partial charge in [0, 0.05) is 22.9 Å². The molecule has 5 aromatic rings. The molecule has 0 spiro atoms. The van der Waals surface area contributed by atoms with Crippen LogP contribution >= 0.6 is 11.8 Å². The Kier molecular flexibility index (Phi) is 6.77. The third-order valence-corrected chi connectivity index (χ3v) is 6.99. The lowest BCUT2D eigenvalue weighted by molar-refractivity contribution is 0.292. The lowest BCUT2D eigenvalue weighted by Gasteiger charge is -2.12. The molecule has 5 rings (SSSR count). The fraction of sp³-hybridized carbons (Fsp3) is 0.179. The molecule has 0 saturated carbocycles. The van der Waals surface area contributed by atoms with Crippen LogP contribution in [0.5, 0.6) is 11.5 Å². The molecule has 8 heteroatoms. The number of aryl methyl sites for hydroxylation is 2. The summed E-state index contributed by atoms with van der Waals surface area (Å²) in [5, 5.41) is 10.5. The fourth-order valence-corrected chi connectivity index (χ4v) is 4.89. The van der Waals surface area contributed by atoms with Gasteiger partial charge in [-0.25, -0.2) is 4.79 Å². The van der Waals surface area contributed by atoms with E-state index in [2.05, 4.69) is 10.2 Å². The van der Waals surface area contributed by atoms with Crippen molar-refractivity contribution in [3.05, 3.63) is 106 Å². The molecule has 0 N–H and O–H groups in total. The zero-order valence-electron chi connectivity index (χ0n) is 20.2. The number of fused-ring (bicyclic) bond motifs is 1. The summed E-state index contributed by atoms with van der Waals surface area (Å²) in [6, 6.07) is 22.9. The molecule has 0 aliphatic carbocycles. The number of methoxy groups -OCH3 is 1. The van der Waals surface area contributed by atoms with E-state index in [1.165, 1.54) is 11.8 Å². The first-order valence-electron chi connectivity index (χ1n) is 11.5. The van der Waals surface area contributed by atoms with Gasteiger partial charge in [-0.3, -0.25) is 4.57 Å². The van der Waals surface area contributed by atoms with Crippen molar-refractivity contribution in [3.63, 3.8) is 0 Å². The molecule has 0 atom stereocenters. The van der Waals surface area contributed by atoms with Crippen molar-refractivity contribution in [3.8, 4) is 17.2 Å². The highest BCUT2D eigenvalue weighted by Crippen LogP contribution is 2.30. The fourth-order valence-electron chi connectivity index (χ4n) is 3.93. The number of thioether (sulfide) groups is 1. The monoisotopic (exact) mass is 499 g/mol. The highest BCUT2D eigenvalue weighted by molar-refractivity contribution is 7.98. The topological polar surface area (TPSA) is 79.4 Å². The average Bonchev–Trinajstić information content (AvgIpc) is 3.32. The summed E-state index contributed by atoms with van der Waals surface area (Å²) in [5.74, 6) is 2.68. The molecule has 0 unspecified atom stereocenters. The quantitative estimate of drug-likeness (QED) is 0.195. The number of aromatic nitrogens is 3. The van der Waals surface area contributed by atoms with E-state index >= 15 is 0 Å². The van der Waals surface area contributed by atoms with Crippen LogP contribution in [0.2, 0.25) is 0 Å². The lowest BCUT2D eigenvalue weighted by atomic mass is 10.0. The lowest BCUT2D eigenvalue weighted by Crippen LogP contribution is -2.07. The molecule has 0 amide bonds. The summed E-state index contributed by atoms with van der Waals surface area (Å²) in [6.45, 7) is 4.22. The van der Waals surface area contributed by atoms with Gasteiger partial charge in [-0.1, -0.05) is 42.1 Å². The number of rotatable bonds is 8. The van der Waals surface area contributed by atoms with Gasteiger partial charge >= 0.3 is 5.63 Å². The first-order chi connectivity index (χ1) is 17.5.